The summed E-state index contributed by atoms with van der Waals surface area (Å²) < 4.78 is 63.6. The molecule has 8 rings (SSSR count). The number of nitrogens with zero attached hydrogens (tertiary/aromatic N) is 4. The van der Waals surface area contributed by atoms with Crippen LogP contribution in [0.4, 0.5) is 16.2 Å². The maximum Gasteiger partial charge on any atom is 0.323 e. The van der Waals surface area contributed by atoms with Gasteiger partial charge in [-0.25, -0.2) is 24.7 Å². The number of carbonyl (C=O) groups excluding carboxylic acids is 3. The van der Waals surface area contributed by atoms with Crippen LogP contribution >= 0.6 is 0 Å². The van der Waals surface area contributed by atoms with Crippen molar-refractivity contribution in [1.82, 2.24) is 19.9 Å². The van der Waals surface area contributed by atoms with Crippen molar-refractivity contribution in [3.63, 3.8) is 0 Å². The maximum atomic E-state index is 13.1. The summed E-state index contributed by atoms with van der Waals surface area (Å²) in [6, 6.07) is 24.6. The molecule has 2 heterocycles. The van der Waals surface area contributed by atoms with E-state index in [1.54, 1.807) is 60.7 Å². The Hall–Kier alpha value is -7.45. The van der Waals surface area contributed by atoms with Crippen LogP contribution in [0.2, 0.25) is 0 Å². The molecule has 300 valence electrons. The zero-order valence-corrected chi connectivity index (χ0v) is 32.5. The van der Waals surface area contributed by atoms with E-state index in [-0.39, 0.29) is 34.3 Å². The zero-order valence-electron chi connectivity index (χ0n) is 30.8. The standard InChI is InChI=1S/C41H30N8O9S2/c50-39(42-27-9-13-31(14-10-27)59(53,54)55)37-46-33-17-7-25(21-35(33)48-37)23-3-1-5-29(19-23)44-41(52)45-30-6-2-4-24(20-30)26-8-18-34-36(22-26)49-38(47-34)40(51)43-28-11-15-32(16-12-28)60(56,57)58/h1-9,11,13-22H,10,12H2,(H,46,48)(H,47,49)(H2,44,45,52)(H,53,54,55)(H,56,57,58). The van der Waals surface area contributed by atoms with Crippen LogP contribution in [0.1, 0.15) is 34.1 Å². The maximum absolute atomic E-state index is 13.1. The van der Waals surface area contributed by atoms with Crippen LogP contribution < -0.4 is 10.6 Å². The second-order valence-electron chi connectivity index (χ2n) is 13.4. The molecule has 0 spiro atoms. The van der Waals surface area contributed by atoms with Gasteiger partial charge in [0.05, 0.1) is 31.9 Å². The number of hydrogen-bond acceptors (Lipinski definition) is 9. The van der Waals surface area contributed by atoms with Crippen molar-refractivity contribution in [1.29, 1.82) is 0 Å². The molecule has 6 N–H and O–H groups in total. The highest BCUT2D eigenvalue weighted by atomic mass is 32.2. The topological polar surface area (TPSA) is 266 Å². The van der Waals surface area contributed by atoms with E-state index in [0.29, 0.717) is 44.9 Å². The number of nitrogens with one attached hydrogen (secondary N) is 4. The molecule has 4 aromatic carbocycles. The second-order valence-corrected chi connectivity index (χ2v) is 16.3. The molecule has 2 aliphatic carbocycles. The molecule has 0 aliphatic heterocycles. The van der Waals surface area contributed by atoms with Gasteiger partial charge >= 0.3 is 17.8 Å². The molecule has 0 unspecified atom stereocenters. The molecule has 0 saturated carbocycles. The number of benzene rings is 4. The minimum Gasteiger partial charge on any atom is -0.334 e. The van der Waals surface area contributed by atoms with Gasteiger partial charge in [0.25, 0.3) is 20.2 Å². The minimum atomic E-state index is -4.35. The van der Waals surface area contributed by atoms with Gasteiger partial charge in [0, 0.05) is 35.6 Å². The molecule has 19 heteroatoms. The number of carbonyl (C=O) groups is 3. The van der Waals surface area contributed by atoms with Gasteiger partial charge in [-0.1, -0.05) is 48.6 Å². The van der Waals surface area contributed by atoms with Gasteiger partial charge in [-0.3, -0.25) is 18.7 Å². The highest BCUT2D eigenvalue weighted by Gasteiger charge is 2.19. The highest BCUT2D eigenvalue weighted by molar-refractivity contribution is 7.90. The minimum absolute atomic E-state index is 0.00694. The first-order valence-electron chi connectivity index (χ1n) is 17.9. The fourth-order valence-electron chi connectivity index (χ4n) is 6.37. The summed E-state index contributed by atoms with van der Waals surface area (Å²) in [4.78, 5) is 61.0. The Morgan fingerprint density at radius 1 is 0.567 bits per heavy atom. The van der Waals surface area contributed by atoms with Gasteiger partial charge in [0.15, 0.2) is 11.6 Å². The monoisotopic (exact) mass is 842 g/mol. The van der Waals surface area contributed by atoms with E-state index >= 15 is 0 Å². The normalized spacial score (nSPS) is 15.6. The van der Waals surface area contributed by atoms with Crippen molar-refractivity contribution in [2.24, 2.45) is 9.98 Å². The fraction of sp³-hybridized carbons (Fsp3) is 0.0488. The summed E-state index contributed by atoms with van der Waals surface area (Å²) >= 11 is 0. The van der Waals surface area contributed by atoms with Crippen LogP contribution in [-0.2, 0) is 20.2 Å². The lowest BCUT2D eigenvalue weighted by Crippen LogP contribution is -2.19. The number of aromatic nitrogens is 4. The molecule has 0 radical (unpaired) electrons. The van der Waals surface area contributed by atoms with Crippen molar-refractivity contribution in [2.75, 3.05) is 10.6 Å². The fourth-order valence-corrected chi connectivity index (χ4v) is 7.44. The molecule has 0 atom stereocenters. The summed E-state index contributed by atoms with van der Waals surface area (Å²) in [5, 5.41) is 5.70. The van der Waals surface area contributed by atoms with Crippen molar-refractivity contribution < 1.29 is 40.3 Å². The molecule has 2 aromatic heterocycles. The van der Waals surface area contributed by atoms with Crippen molar-refractivity contribution in [2.45, 2.75) is 12.8 Å². The third-order valence-electron chi connectivity index (χ3n) is 9.27. The Bertz CT molecular complexity index is 3010. The van der Waals surface area contributed by atoms with Crippen LogP contribution in [0.25, 0.3) is 44.3 Å². The average molecular weight is 843 g/mol. The predicted molar refractivity (Wildman–Crippen MR) is 226 cm³/mol. The van der Waals surface area contributed by atoms with E-state index in [2.05, 4.69) is 40.6 Å². The molecule has 0 fully saturated rings. The summed E-state index contributed by atoms with van der Waals surface area (Å²) in [5.74, 6) is -1.31. The van der Waals surface area contributed by atoms with E-state index in [0.717, 1.165) is 22.3 Å². The summed E-state index contributed by atoms with van der Waals surface area (Å²) in [6.45, 7) is 0. The first kappa shape index (κ1) is 39.4. The number of hydrogen-bond donors (Lipinski definition) is 6. The number of aliphatic imine (C=N–C) groups is 2. The van der Waals surface area contributed by atoms with Crippen molar-refractivity contribution in [3.05, 3.63) is 143 Å². The molecule has 17 nitrogen and oxygen atoms in total. The van der Waals surface area contributed by atoms with Gasteiger partial charge in [0.1, 0.15) is 0 Å². The zero-order chi connectivity index (χ0) is 42.2. The first-order chi connectivity index (χ1) is 28.6. The lowest BCUT2D eigenvalue weighted by molar-refractivity contribution is 0.0986. The summed E-state index contributed by atoms with van der Waals surface area (Å²) in [5.41, 5.74) is 6.89. The van der Waals surface area contributed by atoms with Gasteiger partial charge in [-0.15, -0.1) is 0 Å². The van der Waals surface area contributed by atoms with Crippen LogP contribution in [0.5, 0.6) is 0 Å². The summed E-state index contributed by atoms with van der Waals surface area (Å²) in [6.07, 6.45) is 7.62. The van der Waals surface area contributed by atoms with Crippen LogP contribution in [0, 0.1) is 0 Å². The first-order valence-corrected chi connectivity index (χ1v) is 20.8. The Kier molecular flexibility index (Phi) is 10.3. The largest absolute Gasteiger partial charge is 0.334 e. The van der Waals surface area contributed by atoms with Crippen molar-refractivity contribution in [3.8, 4) is 22.3 Å². The number of aromatic amines is 2. The number of imidazole rings is 2. The molecule has 4 amide bonds. The van der Waals surface area contributed by atoms with Crippen LogP contribution in [0.15, 0.2) is 141 Å². The molecule has 60 heavy (non-hydrogen) atoms. The molecule has 0 bridgehead atoms. The highest BCUT2D eigenvalue weighted by Crippen LogP contribution is 2.28. The lowest BCUT2D eigenvalue weighted by Gasteiger charge is -2.11. The number of allylic oxidation sites excluding steroid dienone is 6. The lowest BCUT2D eigenvalue weighted by atomic mass is 10.0. The van der Waals surface area contributed by atoms with Gasteiger partial charge in [0.2, 0.25) is 0 Å². The van der Waals surface area contributed by atoms with Gasteiger partial charge in [-0.05, 0) is 95.1 Å². The van der Waals surface area contributed by atoms with Gasteiger partial charge < -0.3 is 20.6 Å². The molecular formula is C41H30N8O9S2. The predicted octanol–water partition coefficient (Wildman–Crippen LogP) is 7.04. The third-order valence-corrected chi connectivity index (χ3v) is 11.1. The third kappa shape index (κ3) is 8.83. The smallest absolute Gasteiger partial charge is 0.323 e. The molecular weight excluding hydrogens is 813 g/mol. The summed E-state index contributed by atoms with van der Waals surface area (Å²) in [7, 11) is -8.70. The van der Waals surface area contributed by atoms with Crippen molar-refractivity contribution >= 4 is 82.9 Å². The number of anilines is 2. The van der Waals surface area contributed by atoms with Gasteiger partial charge in [-0.2, -0.15) is 16.8 Å². The molecule has 2 aliphatic rings. The van der Waals surface area contributed by atoms with E-state index in [9.17, 15) is 40.3 Å². The second kappa shape index (κ2) is 15.7. The van der Waals surface area contributed by atoms with Crippen LogP contribution in [-0.4, -0.2) is 75.1 Å². The Morgan fingerprint density at radius 3 is 1.37 bits per heavy atom. The van der Waals surface area contributed by atoms with E-state index in [4.69, 9.17) is 0 Å². The van der Waals surface area contributed by atoms with E-state index < -0.39 is 38.1 Å². The SMILES string of the molecule is O=C(Nc1cccc(-c2ccc3[nH]c(C(=O)N=C4C=CC(S(=O)(=O)O)=CC4)nc3c2)c1)Nc1cccc(-c2ccc3[nH]c(C(=O)N=C4C=CC(S(=O)(=O)O)=CC4)nc3c2)c1. The number of H-pyrrole nitrogens is 2. The number of urea groups is 1. The Labute approximate surface area is 340 Å². The number of rotatable bonds is 8. The molecule has 0 saturated heterocycles. The number of fused-ring (bicyclic) bond motifs is 2. The van der Waals surface area contributed by atoms with Crippen LogP contribution in [0.3, 0.4) is 0 Å². The van der Waals surface area contributed by atoms with E-state index in [1.807, 2.05) is 24.3 Å². The average Bonchev–Trinajstić information content (AvgIpc) is 3.85. The molecule has 6 aromatic rings. The Morgan fingerprint density at radius 2 is 0.983 bits per heavy atom. The van der Waals surface area contributed by atoms with E-state index in [1.165, 1.54) is 36.5 Å². The Balaban J connectivity index is 0.912. The quantitative estimate of drug-likeness (QED) is 0.0846. The number of amides is 4.